The first-order valence-electron chi connectivity index (χ1n) is 8.96. The van der Waals surface area contributed by atoms with Crippen LogP contribution in [0, 0.1) is 0 Å². The number of fused-ring (bicyclic) bond motifs is 1. The average molecular weight is 389 g/mol. The summed E-state index contributed by atoms with van der Waals surface area (Å²) in [6.45, 7) is 0. The van der Waals surface area contributed by atoms with Crippen LogP contribution in [0.15, 0.2) is 78.3 Å². The zero-order chi connectivity index (χ0) is 19.3. The van der Waals surface area contributed by atoms with Gasteiger partial charge in [-0.25, -0.2) is 0 Å². The number of hydrogen-bond acceptors (Lipinski definition) is 3. The lowest BCUT2D eigenvalue weighted by atomic mass is 10.0. The summed E-state index contributed by atoms with van der Waals surface area (Å²) < 4.78 is 0. The lowest BCUT2D eigenvalue weighted by Crippen LogP contribution is -2.45. The average Bonchev–Trinajstić information content (AvgIpc) is 3.40. The molecule has 5 nitrogen and oxygen atoms in total. The van der Waals surface area contributed by atoms with Crippen LogP contribution in [0.2, 0.25) is 0 Å². The molecular weight excluding hydrogens is 370 g/mol. The maximum Gasteiger partial charge on any atom is 0.262 e. The smallest absolute Gasteiger partial charge is 0.262 e. The fraction of sp³-hybridized carbons (Fsp3) is 0.0909. The second-order valence-electron chi connectivity index (χ2n) is 6.43. The molecule has 4 aromatic rings. The molecule has 0 saturated heterocycles. The summed E-state index contributed by atoms with van der Waals surface area (Å²) in [5.74, 6) is -0.492. The fourth-order valence-electron chi connectivity index (χ4n) is 3.11. The first-order valence-corrected chi connectivity index (χ1v) is 9.84. The third kappa shape index (κ3) is 3.97. The normalized spacial score (nSPS) is 11.9. The quantitative estimate of drug-likeness (QED) is 0.462. The molecule has 1 unspecified atom stereocenters. The summed E-state index contributed by atoms with van der Waals surface area (Å²) in [6, 6.07) is 20.1. The number of amides is 2. The van der Waals surface area contributed by atoms with Gasteiger partial charge in [-0.2, -0.15) is 0 Å². The number of benzene rings is 2. The Morgan fingerprint density at radius 3 is 2.61 bits per heavy atom. The van der Waals surface area contributed by atoms with Crippen LogP contribution in [0.1, 0.15) is 15.2 Å². The van der Waals surface area contributed by atoms with Crippen LogP contribution >= 0.6 is 11.3 Å². The predicted molar refractivity (Wildman–Crippen MR) is 113 cm³/mol. The van der Waals surface area contributed by atoms with E-state index in [1.807, 2.05) is 72.2 Å². The van der Waals surface area contributed by atoms with Crippen molar-refractivity contribution in [3.63, 3.8) is 0 Å². The minimum absolute atomic E-state index is 0.245. The molecule has 6 heteroatoms. The highest BCUT2D eigenvalue weighted by Crippen LogP contribution is 2.22. The van der Waals surface area contributed by atoms with Crippen LogP contribution in [-0.2, 0) is 11.2 Å². The summed E-state index contributed by atoms with van der Waals surface area (Å²) in [7, 11) is 0. The fourth-order valence-corrected chi connectivity index (χ4v) is 3.74. The van der Waals surface area contributed by atoms with Crippen LogP contribution < -0.4 is 10.6 Å². The van der Waals surface area contributed by atoms with Gasteiger partial charge in [0.05, 0.1) is 10.6 Å². The number of rotatable bonds is 6. The molecule has 3 N–H and O–H groups in total. The van der Waals surface area contributed by atoms with E-state index in [-0.39, 0.29) is 11.8 Å². The molecule has 0 aliphatic carbocycles. The highest BCUT2D eigenvalue weighted by molar-refractivity contribution is 7.12. The molecule has 0 bridgehead atoms. The number of H-pyrrole nitrogens is 1. The molecule has 0 radical (unpaired) electrons. The van der Waals surface area contributed by atoms with Crippen molar-refractivity contribution < 1.29 is 9.59 Å². The lowest BCUT2D eigenvalue weighted by Gasteiger charge is -2.19. The second-order valence-corrected chi connectivity index (χ2v) is 7.37. The Hall–Kier alpha value is -3.38. The highest BCUT2D eigenvalue weighted by Gasteiger charge is 2.23. The number of aromatic amines is 1. The van der Waals surface area contributed by atoms with Gasteiger partial charge in [0, 0.05) is 23.5 Å². The number of anilines is 1. The molecular formula is C22H19N3O2S. The maximum absolute atomic E-state index is 13.1. The van der Waals surface area contributed by atoms with E-state index in [1.165, 1.54) is 11.3 Å². The molecule has 1 atom stereocenters. The van der Waals surface area contributed by atoms with Gasteiger partial charge in [-0.05, 0) is 35.2 Å². The van der Waals surface area contributed by atoms with Gasteiger partial charge in [-0.3, -0.25) is 9.59 Å². The number of nitrogens with one attached hydrogen (secondary N) is 3. The minimum atomic E-state index is -0.689. The van der Waals surface area contributed by atoms with Gasteiger partial charge < -0.3 is 15.6 Å². The summed E-state index contributed by atoms with van der Waals surface area (Å²) in [5.41, 5.74) is 2.64. The molecule has 0 aliphatic heterocycles. The Kier molecular flexibility index (Phi) is 5.21. The van der Waals surface area contributed by atoms with Gasteiger partial charge in [0.25, 0.3) is 5.91 Å². The van der Waals surface area contributed by atoms with Gasteiger partial charge in [0.1, 0.15) is 6.04 Å². The third-order valence-corrected chi connectivity index (χ3v) is 5.37. The largest absolute Gasteiger partial charge is 0.361 e. The molecule has 140 valence electrons. The van der Waals surface area contributed by atoms with Crippen LogP contribution in [0.4, 0.5) is 5.69 Å². The van der Waals surface area contributed by atoms with Gasteiger partial charge in [-0.15, -0.1) is 11.3 Å². The van der Waals surface area contributed by atoms with Crippen LogP contribution in [0.3, 0.4) is 0 Å². The summed E-state index contributed by atoms with van der Waals surface area (Å²) in [5, 5.41) is 8.62. The van der Waals surface area contributed by atoms with E-state index in [0.29, 0.717) is 17.0 Å². The van der Waals surface area contributed by atoms with E-state index in [9.17, 15) is 9.59 Å². The predicted octanol–water partition coefficient (Wildman–Crippen LogP) is 4.21. The van der Waals surface area contributed by atoms with Gasteiger partial charge in [-0.1, -0.05) is 42.5 Å². The number of carbonyl (C=O) groups excluding carboxylic acids is 2. The Morgan fingerprint density at radius 1 is 0.964 bits per heavy atom. The maximum atomic E-state index is 13.1. The molecule has 4 rings (SSSR count). The van der Waals surface area contributed by atoms with Crippen molar-refractivity contribution in [3.8, 4) is 0 Å². The van der Waals surface area contributed by atoms with E-state index >= 15 is 0 Å². The lowest BCUT2D eigenvalue weighted by molar-refractivity contribution is -0.118. The first-order chi connectivity index (χ1) is 13.7. The van der Waals surface area contributed by atoms with Crippen molar-refractivity contribution in [2.75, 3.05) is 5.32 Å². The van der Waals surface area contributed by atoms with Crippen LogP contribution in [0.5, 0.6) is 0 Å². The number of hydrogen-bond donors (Lipinski definition) is 3. The van der Waals surface area contributed by atoms with Crippen molar-refractivity contribution in [2.45, 2.75) is 12.5 Å². The van der Waals surface area contributed by atoms with Crippen molar-refractivity contribution in [1.29, 1.82) is 0 Å². The zero-order valence-corrected chi connectivity index (χ0v) is 15.8. The van der Waals surface area contributed by atoms with Crippen LogP contribution in [-0.4, -0.2) is 22.8 Å². The van der Waals surface area contributed by atoms with Gasteiger partial charge >= 0.3 is 0 Å². The first kappa shape index (κ1) is 18.0. The summed E-state index contributed by atoms with van der Waals surface area (Å²) in [6.07, 6.45) is 2.24. The van der Waals surface area contributed by atoms with Crippen molar-refractivity contribution in [3.05, 3.63) is 88.7 Å². The topological polar surface area (TPSA) is 74.0 Å². The van der Waals surface area contributed by atoms with E-state index in [1.54, 1.807) is 6.07 Å². The molecule has 2 heterocycles. The number of thiophene rings is 1. The second kappa shape index (κ2) is 8.10. The van der Waals surface area contributed by atoms with E-state index in [4.69, 9.17) is 0 Å². The van der Waals surface area contributed by atoms with Crippen molar-refractivity contribution in [2.24, 2.45) is 0 Å². The zero-order valence-electron chi connectivity index (χ0n) is 15.0. The Morgan fingerprint density at radius 2 is 1.82 bits per heavy atom. The minimum Gasteiger partial charge on any atom is -0.361 e. The van der Waals surface area contributed by atoms with Gasteiger partial charge in [0.2, 0.25) is 5.91 Å². The molecule has 28 heavy (non-hydrogen) atoms. The van der Waals surface area contributed by atoms with Gasteiger partial charge in [0.15, 0.2) is 0 Å². The molecule has 2 aromatic heterocycles. The Labute approximate surface area is 166 Å². The van der Waals surface area contributed by atoms with Crippen molar-refractivity contribution >= 4 is 39.7 Å². The monoisotopic (exact) mass is 389 g/mol. The highest BCUT2D eigenvalue weighted by atomic mass is 32.1. The van der Waals surface area contributed by atoms with Crippen LogP contribution in [0.25, 0.3) is 10.9 Å². The standard InChI is InChI=1S/C22H19N3O2S/c26-21(24-18-9-4-8-17-16(18)11-12-23-17)19(14-15-6-2-1-3-7-15)25-22(27)20-10-5-13-28-20/h1-13,19,23H,14H2,(H,24,26)(H,25,27). The van der Waals surface area contributed by atoms with Crippen molar-refractivity contribution in [1.82, 2.24) is 10.3 Å². The molecule has 2 amide bonds. The summed E-state index contributed by atoms with van der Waals surface area (Å²) in [4.78, 5) is 29.3. The third-order valence-electron chi connectivity index (χ3n) is 4.50. The summed E-state index contributed by atoms with van der Waals surface area (Å²) >= 11 is 1.35. The van der Waals surface area contributed by atoms with E-state index in [2.05, 4.69) is 15.6 Å². The Balaban J connectivity index is 1.57. The molecule has 0 spiro atoms. The van der Waals surface area contributed by atoms with E-state index < -0.39 is 6.04 Å². The number of aromatic nitrogens is 1. The molecule has 0 fully saturated rings. The number of carbonyl (C=O) groups is 2. The molecule has 2 aromatic carbocycles. The molecule has 0 saturated carbocycles. The molecule has 0 aliphatic rings. The van der Waals surface area contributed by atoms with E-state index in [0.717, 1.165) is 16.5 Å². The SMILES string of the molecule is O=C(NC(Cc1ccccc1)C(=O)Nc1cccc2[nH]ccc12)c1cccs1. The Bertz CT molecular complexity index is 1090.